The number of benzene rings is 1. The molecule has 6 aliphatic heterocycles. The molecule has 7 heterocycles. The number of hydrogen-bond donors (Lipinski definition) is 6. The number of nitrogens with one attached hydrogen (secondary N) is 1. The standard InChI is InChI=1S/C26H32N2O10/c29-8-16-20(30)21(31)22(32)26(36-16)38-25-17-12-7-14-19-11(10-3-1-2-4-13(10)27-19)5-6-28(14)15(17)9-35-24(37-25)18(12)23(33)34/h1-4,12,14-18,20-22,24-27,29-32H,5-9H2,(H,33,34). The number of para-hydroxylation sites is 1. The first-order valence-electron chi connectivity index (χ1n) is 13.2. The number of aliphatic carboxylic acids is 1. The van der Waals surface area contributed by atoms with E-state index in [0.717, 1.165) is 24.2 Å². The fraction of sp³-hybridized carbons (Fsp3) is 0.654. The maximum atomic E-state index is 12.5. The van der Waals surface area contributed by atoms with Crippen LogP contribution in [0.1, 0.15) is 23.7 Å². The van der Waals surface area contributed by atoms with E-state index in [4.69, 9.17) is 18.9 Å². The van der Waals surface area contributed by atoms with Gasteiger partial charge in [0.2, 0.25) is 0 Å². The highest BCUT2D eigenvalue weighted by Gasteiger charge is 2.61. The highest BCUT2D eigenvalue weighted by atomic mass is 16.8. The predicted octanol–water partition coefficient (Wildman–Crippen LogP) is -0.698. The van der Waals surface area contributed by atoms with Crippen molar-refractivity contribution < 1.29 is 49.3 Å². The number of ether oxygens (including phenoxy) is 4. The van der Waals surface area contributed by atoms with Gasteiger partial charge < -0.3 is 49.5 Å². The van der Waals surface area contributed by atoms with Crippen LogP contribution in [0.3, 0.4) is 0 Å². The van der Waals surface area contributed by atoms with Gasteiger partial charge in [0.15, 0.2) is 18.9 Å². The van der Waals surface area contributed by atoms with E-state index in [-0.39, 0.29) is 24.6 Å². The van der Waals surface area contributed by atoms with Crippen LogP contribution in [0.25, 0.3) is 10.9 Å². The van der Waals surface area contributed by atoms with Crippen molar-refractivity contribution in [1.29, 1.82) is 0 Å². The second-order valence-electron chi connectivity index (χ2n) is 11.0. The summed E-state index contributed by atoms with van der Waals surface area (Å²) in [6, 6.07) is 7.94. The number of aromatic nitrogens is 1. The molecular weight excluding hydrogens is 500 g/mol. The topological polar surface area (TPSA) is 174 Å². The van der Waals surface area contributed by atoms with Gasteiger partial charge in [-0.1, -0.05) is 18.2 Å². The number of carboxylic acids is 1. The molecule has 6 N–H and O–H groups in total. The first kappa shape index (κ1) is 24.9. The highest BCUT2D eigenvalue weighted by Crippen LogP contribution is 2.54. The summed E-state index contributed by atoms with van der Waals surface area (Å²) in [5, 5.41) is 51.9. The number of hydrogen-bond acceptors (Lipinski definition) is 10. The van der Waals surface area contributed by atoms with Crippen LogP contribution in [0.5, 0.6) is 0 Å². The molecule has 2 aromatic rings. The maximum Gasteiger partial charge on any atom is 0.311 e. The lowest BCUT2D eigenvalue weighted by Gasteiger charge is -2.54. The van der Waals surface area contributed by atoms with E-state index in [0.29, 0.717) is 6.42 Å². The zero-order chi connectivity index (χ0) is 26.3. The number of piperidine rings is 1. The summed E-state index contributed by atoms with van der Waals surface area (Å²) in [6.45, 7) is 0.433. The monoisotopic (exact) mass is 532 g/mol. The second kappa shape index (κ2) is 9.22. The van der Waals surface area contributed by atoms with Crippen molar-refractivity contribution in [3.05, 3.63) is 35.5 Å². The number of aliphatic hydroxyl groups is 4. The fourth-order valence-electron chi connectivity index (χ4n) is 7.46. The number of rotatable bonds is 4. The minimum absolute atomic E-state index is 0.0207. The molecule has 12 atom stereocenters. The molecule has 0 spiro atoms. The summed E-state index contributed by atoms with van der Waals surface area (Å²) in [5.41, 5.74) is 3.44. The predicted molar refractivity (Wildman–Crippen MR) is 127 cm³/mol. The van der Waals surface area contributed by atoms with E-state index in [2.05, 4.69) is 22.0 Å². The van der Waals surface area contributed by atoms with Crippen LogP contribution in [0.15, 0.2) is 24.3 Å². The first-order valence-corrected chi connectivity index (χ1v) is 13.2. The van der Waals surface area contributed by atoms with Gasteiger partial charge in [-0.3, -0.25) is 9.69 Å². The van der Waals surface area contributed by atoms with Crippen LogP contribution in [0.2, 0.25) is 0 Å². The molecule has 0 radical (unpaired) electrons. The van der Waals surface area contributed by atoms with E-state index in [1.165, 1.54) is 10.9 Å². The van der Waals surface area contributed by atoms with Crippen LogP contribution in [-0.2, 0) is 30.2 Å². The van der Waals surface area contributed by atoms with Gasteiger partial charge in [0.05, 0.1) is 19.3 Å². The quantitative estimate of drug-likeness (QED) is 0.294. The van der Waals surface area contributed by atoms with E-state index < -0.39 is 67.7 Å². The molecule has 5 fully saturated rings. The molecule has 4 bridgehead atoms. The molecule has 1 aromatic carbocycles. The minimum atomic E-state index is -1.59. The number of nitrogens with zero attached hydrogens (tertiary/aromatic N) is 1. The van der Waals surface area contributed by atoms with Crippen molar-refractivity contribution >= 4 is 16.9 Å². The third-order valence-electron chi connectivity index (χ3n) is 9.23. The molecule has 1 aromatic heterocycles. The largest absolute Gasteiger partial charge is 0.481 e. The third-order valence-corrected chi connectivity index (χ3v) is 9.23. The summed E-state index contributed by atoms with van der Waals surface area (Å²) in [7, 11) is 0. The van der Waals surface area contributed by atoms with E-state index in [9.17, 15) is 30.3 Å². The average molecular weight is 533 g/mol. The molecule has 12 heteroatoms. The van der Waals surface area contributed by atoms with Gasteiger partial charge >= 0.3 is 5.97 Å². The number of aromatic amines is 1. The normalized spacial score (nSPS) is 44.4. The lowest BCUT2D eigenvalue weighted by Crippen LogP contribution is -2.64. The zero-order valence-corrected chi connectivity index (χ0v) is 20.5. The van der Waals surface area contributed by atoms with Gasteiger partial charge in [-0.15, -0.1) is 0 Å². The van der Waals surface area contributed by atoms with Crippen molar-refractivity contribution in [2.45, 2.75) is 68.2 Å². The molecular formula is C26H32N2O10. The van der Waals surface area contributed by atoms with Crippen LogP contribution in [0, 0.1) is 17.8 Å². The van der Waals surface area contributed by atoms with Crippen LogP contribution < -0.4 is 0 Å². The Labute approximate surface area is 217 Å². The minimum Gasteiger partial charge on any atom is -0.481 e. The molecule has 38 heavy (non-hydrogen) atoms. The van der Waals surface area contributed by atoms with E-state index in [1.807, 2.05) is 12.1 Å². The second-order valence-corrected chi connectivity index (χ2v) is 11.0. The number of H-pyrrole nitrogens is 1. The Morgan fingerprint density at radius 1 is 1.11 bits per heavy atom. The number of carboxylic acid groups (broad SMARTS) is 1. The van der Waals surface area contributed by atoms with Crippen molar-refractivity contribution in [3.63, 3.8) is 0 Å². The Bertz CT molecular complexity index is 1220. The van der Waals surface area contributed by atoms with Gasteiger partial charge in [0.1, 0.15) is 30.3 Å². The lowest BCUT2D eigenvalue weighted by molar-refractivity contribution is -0.377. The van der Waals surface area contributed by atoms with Gasteiger partial charge in [0.25, 0.3) is 0 Å². The molecule has 0 aliphatic carbocycles. The Kier molecular flexibility index (Phi) is 6.04. The summed E-state index contributed by atoms with van der Waals surface area (Å²) in [4.78, 5) is 18.4. The molecule has 5 saturated heterocycles. The first-order chi connectivity index (χ1) is 18.4. The highest BCUT2D eigenvalue weighted by molar-refractivity contribution is 5.85. The van der Waals surface area contributed by atoms with Crippen molar-refractivity contribution in [2.75, 3.05) is 19.8 Å². The zero-order valence-electron chi connectivity index (χ0n) is 20.5. The fourth-order valence-corrected chi connectivity index (χ4v) is 7.46. The average Bonchev–Trinajstić information content (AvgIpc) is 3.14. The molecule has 206 valence electrons. The van der Waals surface area contributed by atoms with Gasteiger partial charge in [-0.25, -0.2) is 0 Å². The molecule has 12 nitrogen and oxygen atoms in total. The molecule has 6 aliphatic rings. The van der Waals surface area contributed by atoms with Crippen molar-refractivity contribution in [2.24, 2.45) is 17.8 Å². The summed E-state index contributed by atoms with van der Waals surface area (Å²) in [5.74, 6) is -2.67. The van der Waals surface area contributed by atoms with Crippen LogP contribution in [-0.4, -0.2) is 110 Å². The van der Waals surface area contributed by atoms with Crippen LogP contribution >= 0.6 is 0 Å². The van der Waals surface area contributed by atoms with Gasteiger partial charge in [0, 0.05) is 35.1 Å². The van der Waals surface area contributed by atoms with Crippen molar-refractivity contribution in [3.8, 4) is 0 Å². The molecule has 12 unspecified atom stereocenters. The Balaban J connectivity index is 1.23. The SMILES string of the molecule is O=C(O)C1C2OCC3C(C(OC4OC(CO)C(O)C(O)C4O)O2)C1CC1c2[nH]c4ccccc4c2CCN13. The summed E-state index contributed by atoms with van der Waals surface area (Å²) < 4.78 is 23.7. The number of fused-ring (bicyclic) bond motifs is 7. The summed E-state index contributed by atoms with van der Waals surface area (Å²) >= 11 is 0. The Morgan fingerprint density at radius 2 is 1.92 bits per heavy atom. The van der Waals surface area contributed by atoms with E-state index >= 15 is 0 Å². The lowest BCUT2D eigenvalue weighted by atomic mass is 9.67. The Hall–Kier alpha value is -2.13. The number of carbonyl (C=O) groups is 1. The van der Waals surface area contributed by atoms with Crippen molar-refractivity contribution in [1.82, 2.24) is 9.88 Å². The van der Waals surface area contributed by atoms with Gasteiger partial charge in [-0.2, -0.15) is 0 Å². The summed E-state index contributed by atoms with van der Waals surface area (Å²) in [6.07, 6.45) is -7.89. The smallest absolute Gasteiger partial charge is 0.311 e. The van der Waals surface area contributed by atoms with Crippen LogP contribution in [0.4, 0.5) is 0 Å². The third kappa shape index (κ3) is 3.60. The Morgan fingerprint density at radius 3 is 2.71 bits per heavy atom. The van der Waals surface area contributed by atoms with Gasteiger partial charge in [-0.05, 0) is 30.4 Å². The molecule has 8 rings (SSSR count). The molecule has 0 amide bonds. The molecule has 0 saturated carbocycles. The number of aliphatic hydroxyl groups excluding tert-OH is 4. The maximum absolute atomic E-state index is 12.5. The van der Waals surface area contributed by atoms with E-state index in [1.54, 1.807) is 0 Å².